The van der Waals surface area contributed by atoms with E-state index in [-0.39, 0.29) is 0 Å². The maximum Gasteiger partial charge on any atom is 0.0225 e. The van der Waals surface area contributed by atoms with E-state index in [4.69, 9.17) is 0 Å². The van der Waals surface area contributed by atoms with Crippen molar-refractivity contribution < 1.29 is 0 Å². The van der Waals surface area contributed by atoms with Crippen LogP contribution in [0.15, 0.2) is 23.3 Å². The van der Waals surface area contributed by atoms with Crippen LogP contribution in [0, 0.1) is 6.92 Å². The highest BCUT2D eigenvalue weighted by Crippen LogP contribution is 2.55. The van der Waals surface area contributed by atoms with Crippen LogP contribution in [-0.2, 0) is 0 Å². The van der Waals surface area contributed by atoms with Gasteiger partial charge in [-0.25, -0.2) is 0 Å². The lowest BCUT2D eigenvalue weighted by Crippen LogP contribution is -2.02. The van der Waals surface area contributed by atoms with Crippen LogP contribution in [0.25, 0.3) is 0 Å². The molecule has 1 heteroatoms. The Morgan fingerprint density at radius 3 is 2.29 bits per heavy atom. The van der Waals surface area contributed by atoms with Gasteiger partial charge in [0.2, 0.25) is 0 Å². The molecule has 1 aliphatic rings. The molecular weight excluding hydrogens is 224 g/mol. The fourth-order valence-corrected chi connectivity index (χ4v) is 3.11. The Labute approximate surface area is 112 Å². The maximum absolute atomic E-state index is 3.84. The maximum atomic E-state index is 3.84. The largest absolute Gasteiger partial charge is 0.150 e. The van der Waals surface area contributed by atoms with Crippen LogP contribution in [0.1, 0.15) is 59.8 Å². The lowest BCUT2D eigenvalue weighted by Gasteiger charge is -2.03. The SMILES string of the molecule is [CH2]CC=C(C)CC/C=C(/C)CCC1SC1(C)C. The molecule has 0 amide bonds. The van der Waals surface area contributed by atoms with Crippen LogP contribution in [0.5, 0.6) is 0 Å². The first-order valence-corrected chi connectivity index (χ1v) is 7.62. The Morgan fingerprint density at radius 1 is 1.18 bits per heavy atom. The second kappa shape index (κ2) is 6.68. The molecule has 0 N–H and O–H groups in total. The minimum atomic E-state index is 0.563. The zero-order valence-corrected chi connectivity index (χ0v) is 12.7. The van der Waals surface area contributed by atoms with Crippen LogP contribution >= 0.6 is 11.8 Å². The summed E-state index contributed by atoms with van der Waals surface area (Å²) < 4.78 is 0.563. The van der Waals surface area contributed by atoms with E-state index in [0.29, 0.717) is 4.75 Å². The first-order chi connectivity index (χ1) is 7.95. The van der Waals surface area contributed by atoms with Crippen molar-refractivity contribution in [3.05, 3.63) is 30.2 Å². The van der Waals surface area contributed by atoms with Gasteiger partial charge in [-0.05, 0) is 66.7 Å². The standard InChI is InChI=1S/C16H27S/c1-6-8-13(2)9-7-10-14(3)11-12-15-16(4,5)17-15/h8,10,15H,1,6-7,9,11-12H2,2-5H3/b13-8?,14-10-. The fourth-order valence-electron chi connectivity index (χ4n) is 2.09. The molecule has 1 atom stereocenters. The highest BCUT2D eigenvalue weighted by Gasteiger charge is 2.45. The zero-order valence-electron chi connectivity index (χ0n) is 11.9. The number of hydrogen-bond acceptors (Lipinski definition) is 1. The van der Waals surface area contributed by atoms with Gasteiger partial charge in [0.25, 0.3) is 0 Å². The second-order valence-electron chi connectivity index (χ2n) is 5.68. The molecule has 1 heterocycles. The molecule has 1 aliphatic heterocycles. The minimum Gasteiger partial charge on any atom is -0.150 e. The Balaban J connectivity index is 2.15. The number of thioether (sulfide) groups is 1. The second-order valence-corrected chi connectivity index (χ2v) is 7.53. The lowest BCUT2D eigenvalue weighted by molar-refractivity contribution is 0.696. The highest BCUT2D eigenvalue weighted by atomic mass is 32.2. The predicted octanol–water partition coefficient (Wildman–Crippen LogP) is 5.56. The third-order valence-electron chi connectivity index (χ3n) is 3.49. The number of allylic oxidation sites excluding steroid dienone is 4. The van der Waals surface area contributed by atoms with Gasteiger partial charge < -0.3 is 0 Å². The fraction of sp³-hybridized carbons (Fsp3) is 0.688. The first kappa shape index (κ1) is 14.9. The van der Waals surface area contributed by atoms with Crippen LogP contribution in [0.3, 0.4) is 0 Å². The van der Waals surface area contributed by atoms with E-state index < -0.39 is 0 Å². The smallest absolute Gasteiger partial charge is 0.0225 e. The van der Waals surface area contributed by atoms with Crippen molar-refractivity contribution in [1.82, 2.24) is 0 Å². The van der Waals surface area contributed by atoms with Crippen LogP contribution in [0.2, 0.25) is 0 Å². The summed E-state index contributed by atoms with van der Waals surface area (Å²) >= 11 is 2.13. The molecule has 0 aromatic carbocycles. The molecule has 0 spiro atoms. The summed E-state index contributed by atoms with van der Waals surface area (Å²) in [7, 11) is 0. The van der Waals surface area contributed by atoms with Crippen LogP contribution in [0.4, 0.5) is 0 Å². The van der Waals surface area contributed by atoms with Gasteiger partial charge in [0.15, 0.2) is 0 Å². The van der Waals surface area contributed by atoms with Crippen molar-refractivity contribution in [2.75, 3.05) is 0 Å². The summed E-state index contributed by atoms with van der Waals surface area (Å²) in [6, 6.07) is 0. The van der Waals surface area contributed by atoms with E-state index in [1.54, 1.807) is 5.57 Å². The monoisotopic (exact) mass is 251 g/mol. The molecule has 1 radical (unpaired) electrons. The lowest BCUT2D eigenvalue weighted by atomic mass is 10.0. The van der Waals surface area contributed by atoms with Crippen LogP contribution < -0.4 is 0 Å². The molecular formula is C16H27S. The summed E-state index contributed by atoms with van der Waals surface area (Å²) in [5, 5.41) is 0.902. The molecule has 0 bridgehead atoms. The number of rotatable bonds is 7. The summed E-state index contributed by atoms with van der Waals surface area (Å²) in [6.07, 6.45) is 10.6. The Morgan fingerprint density at radius 2 is 1.76 bits per heavy atom. The molecule has 1 fully saturated rings. The normalized spacial score (nSPS) is 23.9. The van der Waals surface area contributed by atoms with E-state index in [2.05, 4.69) is 58.5 Å². The first-order valence-electron chi connectivity index (χ1n) is 6.74. The molecule has 1 rings (SSSR count). The van der Waals surface area contributed by atoms with E-state index in [1.165, 1.54) is 31.3 Å². The van der Waals surface area contributed by atoms with Crippen molar-refractivity contribution in [1.29, 1.82) is 0 Å². The molecule has 0 nitrogen and oxygen atoms in total. The zero-order chi connectivity index (χ0) is 12.9. The quantitative estimate of drug-likeness (QED) is 0.422. The predicted molar refractivity (Wildman–Crippen MR) is 81.4 cm³/mol. The average molecular weight is 251 g/mol. The molecule has 0 aromatic heterocycles. The summed E-state index contributed by atoms with van der Waals surface area (Å²) in [5.41, 5.74) is 3.04. The van der Waals surface area contributed by atoms with Gasteiger partial charge in [0, 0.05) is 10.00 Å². The van der Waals surface area contributed by atoms with Crippen molar-refractivity contribution in [2.45, 2.75) is 69.8 Å². The van der Waals surface area contributed by atoms with Crippen molar-refractivity contribution >= 4 is 11.8 Å². The van der Waals surface area contributed by atoms with E-state index in [9.17, 15) is 0 Å². The van der Waals surface area contributed by atoms with Crippen molar-refractivity contribution in [2.24, 2.45) is 0 Å². The molecule has 0 aliphatic carbocycles. The topological polar surface area (TPSA) is 0 Å². The third kappa shape index (κ3) is 5.81. The van der Waals surface area contributed by atoms with E-state index >= 15 is 0 Å². The number of hydrogen-bond donors (Lipinski definition) is 0. The highest BCUT2D eigenvalue weighted by molar-refractivity contribution is 8.08. The van der Waals surface area contributed by atoms with Crippen molar-refractivity contribution in [3.63, 3.8) is 0 Å². The summed E-state index contributed by atoms with van der Waals surface area (Å²) in [4.78, 5) is 0. The Bertz CT molecular complexity index is 297. The molecule has 0 aromatic rings. The molecule has 97 valence electrons. The third-order valence-corrected chi connectivity index (χ3v) is 5.24. The van der Waals surface area contributed by atoms with Gasteiger partial charge in [-0.3, -0.25) is 0 Å². The minimum absolute atomic E-state index is 0.563. The van der Waals surface area contributed by atoms with Gasteiger partial charge in [-0.1, -0.05) is 23.3 Å². The van der Waals surface area contributed by atoms with Crippen molar-refractivity contribution in [3.8, 4) is 0 Å². The Hall–Kier alpha value is -0.170. The van der Waals surface area contributed by atoms with Gasteiger partial charge >= 0.3 is 0 Å². The molecule has 17 heavy (non-hydrogen) atoms. The molecule has 1 saturated heterocycles. The van der Waals surface area contributed by atoms with Gasteiger partial charge in [0.1, 0.15) is 0 Å². The Kier molecular flexibility index (Phi) is 5.85. The van der Waals surface area contributed by atoms with Gasteiger partial charge in [0.05, 0.1) is 0 Å². The van der Waals surface area contributed by atoms with E-state index in [0.717, 1.165) is 11.7 Å². The summed E-state index contributed by atoms with van der Waals surface area (Å²) in [6.45, 7) is 13.0. The molecule has 0 saturated carbocycles. The van der Waals surface area contributed by atoms with Gasteiger partial charge in [-0.2, -0.15) is 0 Å². The van der Waals surface area contributed by atoms with E-state index in [1.807, 2.05) is 0 Å². The van der Waals surface area contributed by atoms with Gasteiger partial charge in [-0.15, -0.1) is 11.8 Å². The summed E-state index contributed by atoms with van der Waals surface area (Å²) in [5.74, 6) is 0. The van der Waals surface area contributed by atoms with Crippen LogP contribution in [-0.4, -0.2) is 10.00 Å². The molecule has 1 unspecified atom stereocenters. The average Bonchev–Trinajstić information content (AvgIpc) is 2.84.